The van der Waals surface area contributed by atoms with Gasteiger partial charge < -0.3 is 5.11 Å². The number of aromatic hydroxyl groups is 1. The van der Waals surface area contributed by atoms with Crippen LogP contribution >= 0.6 is 0 Å². The van der Waals surface area contributed by atoms with Gasteiger partial charge in [0.1, 0.15) is 5.75 Å². The number of aromatic nitrogens is 1. The van der Waals surface area contributed by atoms with Gasteiger partial charge in [-0.15, -0.1) is 0 Å². The van der Waals surface area contributed by atoms with E-state index in [1.54, 1.807) is 0 Å². The minimum absolute atomic E-state index is 0.0554. The Bertz CT molecular complexity index is 859. The molecule has 4 nitrogen and oxygen atoms in total. The average molecular weight is 408 g/mol. The van der Waals surface area contributed by atoms with Gasteiger partial charge in [-0.2, -0.15) is 0 Å². The van der Waals surface area contributed by atoms with Crippen LogP contribution in [0.1, 0.15) is 68.8 Å². The van der Waals surface area contributed by atoms with Crippen LogP contribution in [0.25, 0.3) is 0 Å². The second-order valence-electron chi connectivity index (χ2n) is 10.3. The first kappa shape index (κ1) is 21.3. The molecule has 2 fully saturated rings. The van der Waals surface area contributed by atoms with Crippen LogP contribution in [0.15, 0.2) is 36.5 Å². The van der Waals surface area contributed by atoms with Crippen molar-refractivity contribution in [3.05, 3.63) is 58.9 Å². The van der Waals surface area contributed by atoms with Gasteiger partial charge in [-0.25, -0.2) is 0 Å². The Morgan fingerprint density at radius 3 is 2.27 bits per heavy atom. The molecule has 1 N–H and O–H groups in total. The highest BCUT2D eigenvalue weighted by molar-refractivity contribution is 5.46. The number of hydrogen-bond donors (Lipinski definition) is 1. The summed E-state index contributed by atoms with van der Waals surface area (Å²) >= 11 is 0. The lowest BCUT2D eigenvalue weighted by molar-refractivity contribution is 0.122. The summed E-state index contributed by atoms with van der Waals surface area (Å²) < 4.78 is 0. The zero-order valence-electron chi connectivity index (χ0n) is 19.1. The first-order chi connectivity index (χ1) is 14.3. The molecule has 1 unspecified atom stereocenters. The molecule has 0 aliphatic carbocycles. The van der Waals surface area contributed by atoms with Crippen LogP contribution in [0.2, 0.25) is 0 Å². The molecule has 162 valence electrons. The number of hydrogen-bond acceptors (Lipinski definition) is 4. The number of pyridine rings is 1. The number of phenolic OH excluding ortho intramolecular Hbond substituents is 1. The van der Waals surface area contributed by atoms with Crippen LogP contribution in [-0.4, -0.2) is 45.1 Å². The lowest BCUT2D eigenvalue weighted by atomic mass is 9.84. The molecule has 2 aliphatic heterocycles. The van der Waals surface area contributed by atoms with Crippen LogP contribution in [-0.2, 0) is 18.5 Å². The van der Waals surface area contributed by atoms with Crippen LogP contribution in [0.3, 0.4) is 0 Å². The van der Waals surface area contributed by atoms with E-state index in [1.807, 2.05) is 12.3 Å². The molecule has 1 aromatic heterocycles. The third-order valence-electron chi connectivity index (χ3n) is 6.88. The van der Waals surface area contributed by atoms with E-state index in [9.17, 15) is 5.11 Å². The summed E-state index contributed by atoms with van der Waals surface area (Å²) in [6.07, 6.45) is 6.93. The molecule has 0 saturated carbocycles. The third-order valence-corrected chi connectivity index (χ3v) is 6.88. The second-order valence-corrected chi connectivity index (χ2v) is 10.3. The summed E-state index contributed by atoms with van der Waals surface area (Å²) in [6.45, 7) is 12.8. The molecule has 0 radical (unpaired) electrons. The highest BCUT2D eigenvalue weighted by Crippen LogP contribution is 2.37. The molecular weight excluding hydrogens is 370 g/mol. The van der Waals surface area contributed by atoms with Gasteiger partial charge in [0.15, 0.2) is 0 Å². The summed E-state index contributed by atoms with van der Waals surface area (Å²) in [5.74, 6) is 0.496. The smallest absolute Gasteiger partial charge is 0.123 e. The Morgan fingerprint density at radius 1 is 1.00 bits per heavy atom. The first-order valence-electron chi connectivity index (χ1n) is 11.5. The minimum Gasteiger partial charge on any atom is -0.507 e. The largest absolute Gasteiger partial charge is 0.507 e. The Kier molecular flexibility index (Phi) is 6.17. The van der Waals surface area contributed by atoms with Crippen LogP contribution in [0, 0.1) is 6.92 Å². The maximum absolute atomic E-state index is 11.1. The van der Waals surface area contributed by atoms with E-state index in [-0.39, 0.29) is 5.41 Å². The van der Waals surface area contributed by atoms with E-state index >= 15 is 0 Å². The first-order valence-corrected chi connectivity index (χ1v) is 11.5. The van der Waals surface area contributed by atoms with E-state index in [4.69, 9.17) is 0 Å². The molecule has 0 bridgehead atoms. The van der Waals surface area contributed by atoms with Crippen molar-refractivity contribution in [2.45, 2.75) is 84.0 Å². The average Bonchev–Trinajstić information content (AvgIpc) is 3.33. The summed E-state index contributed by atoms with van der Waals surface area (Å²) in [4.78, 5) is 9.82. The lowest BCUT2D eigenvalue weighted by Gasteiger charge is -2.35. The predicted molar refractivity (Wildman–Crippen MR) is 123 cm³/mol. The number of benzene rings is 1. The fraction of sp³-hybridized carbons (Fsp3) is 0.577. The molecule has 30 heavy (non-hydrogen) atoms. The molecule has 4 heteroatoms. The van der Waals surface area contributed by atoms with Crippen molar-refractivity contribution in [3.8, 4) is 5.75 Å². The maximum Gasteiger partial charge on any atom is 0.123 e. The topological polar surface area (TPSA) is 39.6 Å². The second kappa shape index (κ2) is 8.68. The maximum atomic E-state index is 11.1. The van der Waals surface area contributed by atoms with E-state index in [0.29, 0.717) is 17.8 Å². The molecule has 2 aromatic rings. The van der Waals surface area contributed by atoms with Gasteiger partial charge in [0.2, 0.25) is 0 Å². The third kappa shape index (κ3) is 4.55. The van der Waals surface area contributed by atoms with E-state index in [1.165, 1.54) is 36.9 Å². The standard InChI is InChI=1S/C26H37N3O/c1-19-15-20(25(30)22(16-19)26(2,3)4)17-28-13-7-10-23(28)24-11-8-14-29(24)18-21-9-5-6-12-27-21/h5-6,9,12,15-16,23-24,30H,7-8,10-11,13-14,17-18H2,1-4H3/t23?,24-/m1/s1. The van der Waals surface area contributed by atoms with Gasteiger partial charge in [-0.05, 0) is 68.8 Å². The Morgan fingerprint density at radius 2 is 1.67 bits per heavy atom. The lowest BCUT2D eigenvalue weighted by Crippen LogP contribution is -2.45. The van der Waals surface area contributed by atoms with Crippen molar-refractivity contribution < 1.29 is 5.11 Å². The van der Waals surface area contributed by atoms with Crippen molar-refractivity contribution in [1.82, 2.24) is 14.8 Å². The van der Waals surface area contributed by atoms with Crippen molar-refractivity contribution in [2.24, 2.45) is 0 Å². The summed E-state index contributed by atoms with van der Waals surface area (Å²) in [6, 6.07) is 11.7. The molecular formula is C26H37N3O. The zero-order valence-corrected chi connectivity index (χ0v) is 19.1. The van der Waals surface area contributed by atoms with Gasteiger partial charge in [-0.1, -0.05) is 44.5 Å². The highest BCUT2D eigenvalue weighted by atomic mass is 16.3. The van der Waals surface area contributed by atoms with E-state index in [2.05, 4.69) is 66.7 Å². The van der Waals surface area contributed by atoms with Crippen LogP contribution in [0.5, 0.6) is 5.75 Å². The minimum atomic E-state index is -0.0554. The van der Waals surface area contributed by atoms with Crippen molar-refractivity contribution in [1.29, 1.82) is 0 Å². The summed E-state index contributed by atoms with van der Waals surface area (Å²) in [5.41, 5.74) is 4.49. The molecule has 0 spiro atoms. The number of likely N-dealkylation sites (tertiary alicyclic amines) is 2. The highest BCUT2D eigenvalue weighted by Gasteiger charge is 2.38. The normalized spacial score (nSPS) is 23.3. The fourth-order valence-electron chi connectivity index (χ4n) is 5.43. The van der Waals surface area contributed by atoms with Crippen molar-refractivity contribution >= 4 is 0 Å². The van der Waals surface area contributed by atoms with E-state index < -0.39 is 0 Å². The Labute approximate surface area is 181 Å². The molecule has 0 amide bonds. The SMILES string of the molecule is Cc1cc(CN2CCCC2[C@H]2CCCN2Cc2ccccn2)c(O)c(C(C)(C)C)c1. The monoisotopic (exact) mass is 407 g/mol. The van der Waals surface area contributed by atoms with Gasteiger partial charge in [0.05, 0.1) is 5.69 Å². The molecule has 3 heterocycles. The quantitative estimate of drug-likeness (QED) is 0.755. The predicted octanol–water partition coefficient (Wildman–Crippen LogP) is 5.02. The van der Waals surface area contributed by atoms with Gasteiger partial charge in [0, 0.05) is 36.9 Å². The van der Waals surface area contributed by atoms with Crippen LogP contribution in [0.4, 0.5) is 0 Å². The molecule has 2 saturated heterocycles. The van der Waals surface area contributed by atoms with Gasteiger partial charge in [0.25, 0.3) is 0 Å². The number of aryl methyl sites for hydroxylation is 1. The Balaban J connectivity index is 1.52. The summed E-state index contributed by atoms with van der Waals surface area (Å²) in [5, 5.41) is 11.1. The molecule has 2 atom stereocenters. The summed E-state index contributed by atoms with van der Waals surface area (Å²) in [7, 11) is 0. The van der Waals surface area contributed by atoms with Crippen molar-refractivity contribution in [3.63, 3.8) is 0 Å². The molecule has 4 rings (SSSR count). The molecule has 2 aliphatic rings. The van der Waals surface area contributed by atoms with E-state index in [0.717, 1.165) is 37.3 Å². The zero-order chi connectivity index (χ0) is 21.3. The Hall–Kier alpha value is -1.91. The number of phenols is 1. The molecule has 1 aromatic carbocycles. The van der Waals surface area contributed by atoms with Gasteiger partial charge in [-0.3, -0.25) is 14.8 Å². The number of rotatable bonds is 5. The number of nitrogens with zero attached hydrogens (tertiary/aromatic N) is 3. The van der Waals surface area contributed by atoms with Crippen molar-refractivity contribution in [2.75, 3.05) is 13.1 Å². The van der Waals surface area contributed by atoms with Gasteiger partial charge >= 0.3 is 0 Å². The van der Waals surface area contributed by atoms with Crippen LogP contribution < -0.4 is 0 Å². The fourth-order valence-corrected chi connectivity index (χ4v) is 5.43.